The van der Waals surface area contributed by atoms with E-state index in [0.717, 1.165) is 6.42 Å². The number of nitrogens with two attached hydrogens (primary N) is 1. The van der Waals surface area contributed by atoms with Crippen LogP contribution in [0, 0.1) is 0 Å². The van der Waals surface area contributed by atoms with Crippen LogP contribution >= 0.6 is 0 Å². The van der Waals surface area contributed by atoms with Crippen molar-refractivity contribution in [3.63, 3.8) is 0 Å². The summed E-state index contributed by atoms with van der Waals surface area (Å²) in [6.45, 7) is 3.94. The second-order valence-electron chi connectivity index (χ2n) is 2.10. The minimum absolute atomic E-state index is 0.226. The largest absolute Gasteiger partial charge is 0.370 e. The molecule has 9 heavy (non-hydrogen) atoms. The molecule has 0 aromatic heterocycles. The zero-order valence-corrected chi connectivity index (χ0v) is 5.98. The first kappa shape index (κ1) is 8.21. The summed E-state index contributed by atoms with van der Waals surface area (Å²) in [6, 6.07) is 0. The molecule has 0 rings (SSSR count). The third-order valence-corrected chi connectivity index (χ3v) is 1.26. The summed E-state index contributed by atoms with van der Waals surface area (Å²) >= 11 is 0. The topological polar surface area (TPSA) is 43.1 Å². The van der Waals surface area contributed by atoms with Crippen LogP contribution in [0.3, 0.4) is 0 Å². The molecule has 0 aromatic rings. The number of carbonyl (C=O) groups is 1. The number of allylic oxidation sites excluding steroid dienone is 2. The maximum Gasteiger partial charge on any atom is 0.217 e. The number of hydrogen-bond acceptors (Lipinski definition) is 1. The Kier molecular flexibility index (Phi) is 3.76. The summed E-state index contributed by atoms with van der Waals surface area (Å²) in [6.07, 6.45) is 3.25. The van der Waals surface area contributed by atoms with Crippen molar-refractivity contribution in [1.82, 2.24) is 0 Å². The first-order valence-electron chi connectivity index (χ1n) is 3.07. The predicted octanol–water partition coefficient (Wildman–Crippen LogP) is 1.22. The molecule has 0 atom stereocenters. The average molecular weight is 127 g/mol. The quantitative estimate of drug-likeness (QED) is 0.569. The summed E-state index contributed by atoms with van der Waals surface area (Å²) in [7, 11) is 0. The highest BCUT2D eigenvalue weighted by molar-refractivity contribution is 5.73. The van der Waals surface area contributed by atoms with Crippen molar-refractivity contribution < 1.29 is 4.79 Å². The fourth-order valence-corrected chi connectivity index (χ4v) is 0.465. The summed E-state index contributed by atoms with van der Waals surface area (Å²) in [5.74, 6) is -0.226. The van der Waals surface area contributed by atoms with Gasteiger partial charge in [-0.1, -0.05) is 11.6 Å². The molecule has 0 radical (unpaired) electrons. The van der Waals surface area contributed by atoms with Crippen LogP contribution in [0.5, 0.6) is 0 Å². The van der Waals surface area contributed by atoms with Crippen molar-refractivity contribution in [3.05, 3.63) is 11.6 Å². The Morgan fingerprint density at radius 1 is 1.56 bits per heavy atom. The van der Waals surface area contributed by atoms with Crippen molar-refractivity contribution in [1.29, 1.82) is 0 Å². The molecule has 2 heteroatoms. The molecular formula is C7H13NO. The molecule has 0 aliphatic heterocycles. The van der Waals surface area contributed by atoms with Crippen LogP contribution < -0.4 is 5.73 Å². The van der Waals surface area contributed by atoms with Crippen LogP contribution in [0.1, 0.15) is 26.7 Å². The van der Waals surface area contributed by atoms with Crippen molar-refractivity contribution in [2.24, 2.45) is 5.73 Å². The molecule has 0 unspecified atom stereocenters. The standard InChI is InChI=1S/C7H13NO/c1-3-6(2)4-5-7(8)9/h3H,4-5H2,1-2H3,(H2,8,9). The molecule has 52 valence electrons. The van der Waals surface area contributed by atoms with Gasteiger partial charge in [0.15, 0.2) is 0 Å². The summed E-state index contributed by atoms with van der Waals surface area (Å²) in [5, 5.41) is 0. The van der Waals surface area contributed by atoms with E-state index in [1.54, 1.807) is 0 Å². The molecule has 0 saturated carbocycles. The summed E-state index contributed by atoms with van der Waals surface area (Å²) in [5.41, 5.74) is 6.15. The first-order chi connectivity index (χ1) is 4.16. The molecule has 0 bridgehead atoms. The van der Waals surface area contributed by atoms with Gasteiger partial charge in [-0.15, -0.1) is 0 Å². The van der Waals surface area contributed by atoms with Crippen molar-refractivity contribution in [2.75, 3.05) is 0 Å². The second kappa shape index (κ2) is 4.13. The van der Waals surface area contributed by atoms with Gasteiger partial charge in [-0.05, 0) is 20.3 Å². The van der Waals surface area contributed by atoms with E-state index in [9.17, 15) is 4.79 Å². The van der Waals surface area contributed by atoms with Crippen molar-refractivity contribution >= 4 is 5.91 Å². The van der Waals surface area contributed by atoms with E-state index in [4.69, 9.17) is 5.73 Å². The van der Waals surface area contributed by atoms with Gasteiger partial charge in [0, 0.05) is 6.42 Å². The minimum atomic E-state index is -0.226. The lowest BCUT2D eigenvalue weighted by Gasteiger charge is -1.94. The Labute approximate surface area is 55.7 Å². The molecular weight excluding hydrogens is 114 g/mol. The first-order valence-corrected chi connectivity index (χ1v) is 3.07. The predicted molar refractivity (Wildman–Crippen MR) is 37.9 cm³/mol. The molecule has 0 aliphatic rings. The lowest BCUT2D eigenvalue weighted by atomic mass is 10.1. The fourth-order valence-electron chi connectivity index (χ4n) is 0.465. The highest BCUT2D eigenvalue weighted by Crippen LogP contribution is 2.01. The molecule has 2 nitrogen and oxygen atoms in total. The summed E-state index contributed by atoms with van der Waals surface area (Å²) < 4.78 is 0. The Bertz CT molecular complexity index is 127. The van der Waals surface area contributed by atoms with Gasteiger partial charge < -0.3 is 5.73 Å². The lowest BCUT2D eigenvalue weighted by Crippen LogP contribution is -2.09. The van der Waals surface area contributed by atoms with Crippen molar-refractivity contribution in [2.45, 2.75) is 26.7 Å². The maximum absolute atomic E-state index is 10.2. The van der Waals surface area contributed by atoms with E-state index in [2.05, 4.69) is 0 Å². The maximum atomic E-state index is 10.2. The highest BCUT2D eigenvalue weighted by Gasteiger charge is 1.92. The second-order valence-corrected chi connectivity index (χ2v) is 2.10. The van der Waals surface area contributed by atoms with E-state index >= 15 is 0 Å². The third kappa shape index (κ3) is 5.07. The number of hydrogen-bond donors (Lipinski definition) is 1. The van der Waals surface area contributed by atoms with E-state index in [1.807, 2.05) is 19.9 Å². The number of rotatable bonds is 3. The molecule has 0 spiro atoms. The van der Waals surface area contributed by atoms with Crippen molar-refractivity contribution in [3.8, 4) is 0 Å². The number of amides is 1. The molecule has 0 aromatic carbocycles. The Hall–Kier alpha value is -0.790. The van der Waals surface area contributed by atoms with Gasteiger partial charge in [0.05, 0.1) is 0 Å². The van der Waals surface area contributed by atoms with E-state index in [0.29, 0.717) is 6.42 Å². The van der Waals surface area contributed by atoms with E-state index < -0.39 is 0 Å². The Balaban J connectivity index is 3.39. The van der Waals surface area contributed by atoms with Crippen LogP contribution in [0.2, 0.25) is 0 Å². The van der Waals surface area contributed by atoms with Gasteiger partial charge >= 0.3 is 0 Å². The smallest absolute Gasteiger partial charge is 0.217 e. The minimum Gasteiger partial charge on any atom is -0.370 e. The van der Waals surface area contributed by atoms with Crippen LogP contribution in [-0.4, -0.2) is 5.91 Å². The molecule has 2 N–H and O–H groups in total. The SMILES string of the molecule is CC=C(C)CCC(N)=O. The average Bonchev–Trinajstić information content (AvgIpc) is 1.83. The lowest BCUT2D eigenvalue weighted by molar-refractivity contribution is -0.117. The monoisotopic (exact) mass is 127 g/mol. The summed E-state index contributed by atoms with van der Waals surface area (Å²) in [4.78, 5) is 10.2. The molecule has 1 amide bonds. The molecule has 0 saturated heterocycles. The van der Waals surface area contributed by atoms with Gasteiger partial charge in [0.25, 0.3) is 0 Å². The normalized spacial score (nSPS) is 11.6. The zero-order valence-electron chi connectivity index (χ0n) is 5.98. The van der Waals surface area contributed by atoms with Crippen LogP contribution in [-0.2, 0) is 4.79 Å². The number of primary amides is 1. The highest BCUT2D eigenvalue weighted by atomic mass is 16.1. The van der Waals surface area contributed by atoms with E-state index in [1.165, 1.54) is 5.57 Å². The Morgan fingerprint density at radius 2 is 2.11 bits per heavy atom. The van der Waals surface area contributed by atoms with Gasteiger partial charge in [-0.25, -0.2) is 0 Å². The zero-order chi connectivity index (χ0) is 7.28. The molecule has 0 fully saturated rings. The van der Waals surface area contributed by atoms with Gasteiger partial charge in [0.2, 0.25) is 5.91 Å². The molecule has 0 heterocycles. The van der Waals surface area contributed by atoms with Crippen LogP contribution in [0.15, 0.2) is 11.6 Å². The van der Waals surface area contributed by atoms with E-state index in [-0.39, 0.29) is 5.91 Å². The molecule has 0 aliphatic carbocycles. The fraction of sp³-hybridized carbons (Fsp3) is 0.571. The van der Waals surface area contributed by atoms with Gasteiger partial charge in [-0.3, -0.25) is 4.79 Å². The van der Waals surface area contributed by atoms with Crippen LogP contribution in [0.4, 0.5) is 0 Å². The van der Waals surface area contributed by atoms with Crippen LogP contribution in [0.25, 0.3) is 0 Å². The third-order valence-electron chi connectivity index (χ3n) is 1.26. The van der Waals surface area contributed by atoms with Gasteiger partial charge in [-0.2, -0.15) is 0 Å². The number of carbonyl (C=O) groups excluding carboxylic acids is 1. The Morgan fingerprint density at radius 3 is 2.44 bits per heavy atom. The van der Waals surface area contributed by atoms with Gasteiger partial charge in [0.1, 0.15) is 0 Å².